The smallest absolute Gasteiger partial charge is 0.264 e. The molecule has 3 aromatic rings. The van der Waals surface area contributed by atoms with Crippen LogP contribution in [0.4, 0.5) is 5.69 Å². The summed E-state index contributed by atoms with van der Waals surface area (Å²) in [5.41, 5.74) is 2.32. The average Bonchev–Trinajstić information content (AvgIpc) is 2.86. The summed E-state index contributed by atoms with van der Waals surface area (Å²) < 4.78 is 40.0. The van der Waals surface area contributed by atoms with Crippen LogP contribution in [0, 0.1) is 6.92 Å². The van der Waals surface area contributed by atoms with E-state index in [2.05, 4.69) is 19.2 Å². The fraction of sp³-hybridized carbons (Fsp3) is 0.296. The van der Waals surface area contributed by atoms with Crippen molar-refractivity contribution in [2.45, 2.75) is 37.7 Å². The van der Waals surface area contributed by atoms with E-state index in [9.17, 15) is 13.2 Å². The minimum Gasteiger partial charge on any atom is -0.491 e. The second kappa shape index (κ2) is 10.8. The number of rotatable bonds is 8. The molecular formula is C27H29ClN2O5S. The number of amides is 1. The molecule has 1 N–H and O–H groups in total. The number of para-hydroxylation sites is 1. The largest absolute Gasteiger partial charge is 0.491 e. The molecule has 0 radical (unpaired) electrons. The summed E-state index contributed by atoms with van der Waals surface area (Å²) >= 11 is 6.15. The van der Waals surface area contributed by atoms with E-state index in [1.165, 1.54) is 10.4 Å². The van der Waals surface area contributed by atoms with Gasteiger partial charge in [-0.2, -0.15) is 0 Å². The van der Waals surface area contributed by atoms with Crippen molar-refractivity contribution in [1.82, 2.24) is 5.32 Å². The first-order valence-corrected chi connectivity index (χ1v) is 13.5. The first kappa shape index (κ1) is 25.9. The molecule has 36 heavy (non-hydrogen) atoms. The number of nitrogens with one attached hydrogen (secondary N) is 1. The number of aryl methyl sites for hydroxylation is 1. The Morgan fingerprint density at radius 3 is 2.58 bits per heavy atom. The predicted molar refractivity (Wildman–Crippen MR) is 141 cm³/mol. The molecule has 1 aliphatic rings. The number of hydrogen-bond donors (Lipinski definition) is 1. The topological polar surface area (TPSA) is 84.9 Å². The number of nitrogens with zero attached hydrogens (tertiary/aromatic N) is 1. The quantitative estimate of drug-likeness (QED) is 0.419. The van der Waals surface area contributed by atoms with Gasteiger partial charge in [-0.15, -0.1) is 0 Å². The molecule has 0 spiro atoms. The fourth-order valence-corrected chi connectivity index (χ4v) is 5.60. The van der Waals surface area contributed by atoms with Crippen LogP contribution >= 0.6 is 11.6 Å². The second-order valence-electron chi connectivity index (χ2n) is 8.90. The molecule has 1 amide bonds. The molecule has 0 saturated heterocycles. The SMILES string of the molecule is Cc1ccc(S(=O)(=O)N2CC(C(=O)NCCOc3ccccc3C(C)C)Oc3ccc(Cl)cc32)cc1. The Morgan fingerprint density at radius 2 is 1.86 bits per heavy atom. The van der Waals surface area contributed by atoms with Crippen LogP contribution in [0.25, 0.3) is 0 Å². The number of fused-ring (bicyclic) bond motifs is 1. The summed E-state index contributed by atoms with van der Waals surface area (Å²) in [5, 5.41) is 3.16. The van der Waals surface area contributed by atoms with Gasteiger partial charge in [-0.1, -0.05) is 61.3 Å². The molecule has 4 rings (SSSR count). The molecule has 0 aliphatic carbocycles. The summed E-state index contributed by atoms with van der Waals surface area (Å²) in [7, 11) is -3.96. The van der Waals surface area contributed by atoms with Crippen LogP contribution in [0.15, 0.2) is 71.6 Å². The number of anilines is 1. The van der Waals surface area contributed by atoms with Gasteiger partial charge in [-0.25, -0.2) is 8.42 Å². The molecule has 0 fully saturated rings. The van der Waals surface area contributed by atoms with Crippen LogP contribution in [0.1, 0.15) is 30.9 Å². The van der Waals surface area contributed by atoms with E-state index in [0.717, 1.165) is 16.9 Å². The Balaban J connectivity index is 1.48. The highest BCUT2D eigenvalue weighted by atomic mass is 35.5. The number of benzene rings is 3. The molecule has 9 heteroatoms. The van der Waals surface area contributed by atoms with Gasteiger partial charge < -0.3 is 14.8 Å². The van der Waals surface area contributed by atoms with E-state index < -0.39 is 22.0 Å². The Labute approximate surface area is 217 Å². The fourth-order valence-electron chi connectivity index (χ4n) is 3.96. The highest BCUT2D eigenvalue weighted by molar-refractivity contribution is 7.92. The highest BCUT2D eigenvalue weighted by Gasteiger charge is 2.37. The first-order chi connectivity index (χ1) is 17.2. The summed E-state index contributed by atoms with van der Waals surface area (Å²) in [6.45, 7) is 6.37. The van der Waals surface area contributed by atoms with Gasteiger partial charge in [0.2, 0.25) is 0 Å². The van der Waals surface area contributed by atoms with Crippen LogP contribution in [0.2, 0.25) is 5.02 Å². The van der Waals surface area contributed by atoms with Crippen molar-refractivity contribution in [3.8, 4) is 11.5 Å². The van der Waals surface area contributed by atoms with Gasteiger partial charge in [0.1, 0.15) is 18.1 Å². The van der Waals surface area contributed by atoms with E-state index in [1.54, 1.807) is 36.4 Å². The van der Waals surface area contributed by atoms with Crippen LogP contribution in [0.3, 0.4) is 0 Å². The summed E-state index contributed by atoms with van der Waals surface area (Å²) in [4.78, 5) is 13.1. The Hall–Kier alpha value is -3.23. The summed E-state index contributed by atoms with van der Waals surface area (Å²) in [6, 6.07) is 19.0. The van der Waals surface area contributed by atoms with Crippen LogP contribution < -0.4 is 19.1 Å². The predicted octanol–water partition coefficient (Wildman–Crippen LogP) is 4.92. The molecule has 190 valence electrons. The summed E-state index contributed by atoms with van der Waals surface area (Å²) in [6.07, 6.45) is -1.04. The van der Waals surface area contributed by atoms with Crippen molar-refractivity contribution in [3.05, 3.63) is 82.9 Å². The molecule has 1 heterocycles. The lowest BCUT2D eigenvalue weighted by Gasteiger charge is -2.35. The van der Waals surface area contributed by atoms with Gasteiger partial charge in [0.05, 0.1) is 23.7 Å². The van der Waals surface area contributed by atoms with E-state index in [0.29, 0.717) is 16.6 Å². The third-order valence-electron chi connectivity index (χ3n) is 5.89. The van der Waals surface area contributed by atoms with Crippen molar-refractivity contribution in [3.63, 3.8) is 0 Å². The van der Waals surface area contributed by atoms with Crippen LogP contribution in [0.5, 0.6) is 11.5 Å². The molecule has 1 aliphatic heterocycles. The van der Waals surface area contributed by atoms with Gasteiger partial charge in [0, 0.05) is 5.02 Å². The maximum absolute atomic E-state index is 13.5. The highest BCUT2D eigenvalue weighted by Crippen LogP contribution is 2.39. The number of carbonyl (C=O) groups is 1. The van der Waals surface area contributed by atoms with Crippen molar-refractivity contribution < 1.29 is 22.7 Å². The molecule has 1 unspecified atom stereocenters. The van der Waals surface area contributed by atoms with E-state index >= 15 is 0 Å². The average molecular weight is 529 g/mol. The van der Waals surface area contributed by atoms with E-state index in [1.807, 2.05) is 31.2 Å². The normalized spacial score (nSPS) is 15.2. The number of hydrogen-bond acceptors (Lipinski definition) is 5. The zero-order valence-electron chi connectivity index (χ0n) is 20.4. The van der Waals surface area contributed by atoms with Crippen molar-refractivity contribution in [2.75, 3.05) is 24.0 Å². The molecule has 3 aromatic carbocycles. The van der Waals surface area contributed by atoms with Gasteiger partial charge in [0.25, 0.3) is 15.9 Å². The molecule has 7 nitrogen and oxygen atoms in total. The lowest BCUT2D eigenvalue weighted by atomic mass is 10.0. The number of ether oxygens (including phenoxy) is 2. The monoisotopic (exact) mass is 528 g/mol. The van der Waals surface area contributed by atoms with Gasteiger partial charge in [-0.3, -0.25) is 9.10 Å². The maximum atomic E-state index is 13.5. The van der Waals surface area contributed by atoms with Gasteiger partial charge >= 0.3 is 0 Å². The standard InChI is InChI=1S/C27H29ClN2O5S/c1-18(2)22-6-4-5-7-24(22)34-15-14-29-27(31)26-17-30(23-16-20(28)10-13-25(23)35-26)36(32,33)21-11-8-19(3)9-12-21/h4-13,16,18,26H,14-15,17H2,1-3H3,(H,29,31). The van der Waals surface area contributed by atoms with E-state index in [-0.39, 0.29) is 30.3 Å². The maximum Gasteiger partial charge on any atom is 0.264 e. The minimum atomic E-state index is -3.96. The first-order valence-electron chi connectivity index (χ1n) is 11.7. The van der Waals surface area contributed by atoms with E-state index in [4.69, 9.17) is 21.1 Å². The molecular weight excluding hydrogens is 500 g/mol. The Bertz CT molecular complexity index is 1340. The van der Waals surface area contributed by atoms with Crippen molar-refractivity contribution >= 4 is 33.2 Å². The zero-order valence-corrected chi connectivity index (χ0v) is 22.0. The lowest BCUT2D eigenvalue weighted by molar-refractivity contribution is -0.127. The Kier molecular flexibility index (Phi) is 7.76. The third kappa shape index (κ3) is 5.60. The van der Waals surface area contributed by atoms with Crippen molar-refractivity contribution in [1.29, 1.82) is 0 Å². The minimum absolute atomic E-state index is 0.123. The lowest BCUT2D eigenvalue weighted by Crippen LogP contribution is -2.51. The summed E-state index contributed by atoms with van der Waals surface area (Å²) in [5.74, 6) is 0.919. The zero-order chi connectivity index (χ0) is 25.9. The molecule has 1 atom stereocenters. The van der Waals surface area contributed by atoms with Crippen LogP contribution in [-0.4, -0.2) is 40.1 Å². The van der Waals surface area contributed by atoms with Crippen molar-refractivity contribution in [2.24, 2.45) is 0 Å². The third-order valence-corrected chi connectivity index (χ3v) is 7.92. The second-order valence-corrected chi connectivity index (χ2v) is 11.2. The molecule has 0 bridgehead atoms. The molecule has 0 aromatic heterocycles. The number of carbonyl (C=O) groups excluding carboxylic acids is 1. The van der Waals surface area contributed by atoms with Gasteiger partial charge in [0.15, 0.2) is 6.10 Å². The number of halogens is 1. The molecule has 0 saturated carbocycles. The van der Waals surface area contributed by atoms with Crippen LogP contribution in [-0.2, 0) is 14.8 Å². The van der Waals surface area contributed by atoms with Gasteiger partial charge in [-0.05, 0) is 54.8 Å². The Morgan fingerprint density at radius 1 is 1.14 bits per heavy atom. The number of sulfonamides is 1.